The first-order valence-electron chi connectivity index (χ1n) is 8.44. The molecule has 0 atom stereocenters. The molecule has 0 aliphatic carbocycles. The zero-order valence-electron chi connectivity index (χ0n) is 14.7. The van der Waals surface area contributed by atoms with Gasteiger partial charge < -0.3 is 0 Å². The van der Waals surface area contributed by atoms with Gasteiger partial charge in [0.25, 0.3) is 10.0 Å². The number of fused-ring (bicyclic) bond motifs is 1. The van der Waals surface area contributed by atoms with Crippen molar-refractivity contribution in [2.75, 3.05) is 9.21 Å². The number of amides is 2. The largest absolute Gasteiger partial charge is 0.343 e. The van der Waals surface area contributed by atoms with Crippen LogP contribution in [0.4, 0.5) is 25.0 Å². The van der Waals surface area contributed by atoms with Crippen molar-refractivity contribution in [3.05, 3.63) is 88.4 Å². The van der Waals surface area contributed by atoms with Gasteiger partial charge in [0.05, 0.1) is 17.9 Å². The molecule has 0 radical (unpaired) electrons. The highest BCUT2D eigenvalue weighted by Gasteiger charge is 2.42. The molecule has 3 aromatic rings. The first kappa shape index (κ1) is 19.5. The molecule has 3 aromatic carbocycles. The van der Waals surface area contributed by atoms with Gasteiger partial charge in [-0.1, -0.05) is 34.1 Å². The maximum Gasteiger partial charge on any atom is 0.343 e. The number of benzene rings is 3. The van der Waals surface area contributed by atoms with Gasteiger partial charge >= 0.3 is 6.03 Å². The third-order valence-electron chi connectivity index (χ3n) is 4.48. The zero-order valence-corrected chi connectivity index (χ0v) is 17.1. The highest BCUT2D eigenvalue weighted by atomic mass is 79.9. The van der Waals surface area contributed by atoms with E-state index in [2.05, 4.69) is 15.9 Å². The van der Waals surface area contributed by atoms with Crippen LogP contribution in [0.2, 0.25) is 0 Å². The van der Waals surface area contributed by atoms with E-state index >= 15 is 0 Å². The van der Waals surface area contributed by atoms with E-state index < -0.39 is 27.7 Å². The molecule has 29 heavy (non-hydrogen) atoms. The highest BCUT2D eigenvalue weighted by Crippen LogP contribution is 2.38. The summed E-state index contributed by atoms with van der Waals surface area (Å²) in [4.78, 5) is 14.3. The lowest BCUT2D eigenvalue weighted by Gasteiger charge is -2.36. The summed E-state index contributed by atoms with van der Waals surface area (Å²) >= 11 is 3.18. The van der Waals surface area contributed by atoms with E-state index in [0.29, 0.717) is 8.78 Å². The molecule has 1 heterocycles. The van der Waals surface area contributed by atoms with Gasteiger partial charge in [0, 0.05) is 10.0 Å². The fourth-order valence-electron chi connectivity index (χ4n) is 3.11. The molecule has 0 bridgehead atoms. The summed E-state index contributed by atoms with van der Waals surface area (Å²) < 4.78 is 55.1. The summed E-state index contributed by atoms with van der Waals surface area (Å²) in [7, 11) is -4.22. The summed E-state index contributed by atoms with van der Waals surface area (Å²) in [5.74, 6) is -1.10. The summed E-state index contributed by atoms with van der Waals surface area (Å²) in [6.45, 7) is -0.178. The minimum Gasteiger partial charge on any atom is -0.287 e. The van der Waals surface area contributed by atoms with E-state index in [1.807, 2.05) is 0 Å². The zero-order chi connectivity index (χ0) is 20.8. The normalized spacial score (nSPS) is 15.3. The van der Waals surface area contributed by atoms with Crippen LogP contribution in [0.5, 0.6) is 0 Å². The third-order valence-corrected chi connectivity index (χ3v) is 6.73. The molecule has 4 rings (SSSR count). The van der Waals surface area contributed by atoms with Crippen LogP contribution in [0.1, 0.15) is 5.56 Å². The van der Waals surface area contributed by atoms with Crippen molar-refractivity contribution in [3.8, 4) is 0 Å². The quantitative estimate of drug-likeness (QED) is 0.528. The molecule has 0 saturated carbocycles. The number of rotatable bonds is 3. The van der Waals surface area contributed by atoms with Crippen LogP contribution < -0.4 is 9.21 Å². The molecule has 0 fully saturated rings. The average molecular weight is 479 g/mol. The molecule has 2 amide bonds. The van der Waals surface area contributed by atoms with Crippen molar-refractivity contribution in [1.29, 1.82) is 0 Å². The van der Waals surface area contributed by atoms with Crippen molar-refractivity contribution >= 4 is 43.4 Å². The van der Waals surface area contributed by atoms with Gasteiger partial charge in [-0.3, -0.25) is 4.90 Å². The molecule has 0 aromatic heterocycles. The maximum absolute atomic E-state index is 14.4. The monoisotopic (exact) mass is 478 g/mol. The van der Waals surface area contributed by atoms with Crippen LogP contribution in [0.25, 0.3) is 0 Å². The van der Waals surface area contributed by atoms with Crippen LogP contribution >= 0.6 is 15.9 Å². The number of hydrogen-bond acceptors (Lipinski definition) is 3. The molecule has 0 spiro atoms. The molecular formula is C20H13BrF2N2O3S. The molecule has 1 aliphatic rings. The van der Waals surface area contributed by atoms with Gasteiger partial charge in [-0.25, -0.2) is 22.0 Å². The minimum absolute atomic E-state index is 0.00724. The molecule has 0 N–H and O–H groups in total. The fraction of sp³-hybridized carbons (Fsp3) is 0.0500. The van der Waals surface area contributed by atoms with Gasteiger partial charge in [0.2, 0.25) is 0 Å². The van der Waals surface area contributed by atoms with Gasteiger partial charge in [-0.15, -0.1) is 0 Å². The number of halogens is 3. The van der Waals surface area contributed by atoms with Gasteiger partial charge in [0.15, 0.2) is 0 Å². The second kappa shape index (κ2) is 7.23. The number of urea groups is 1. The van der Waals surface area contributed by atoms with Crippen LogP contribution in [0.3, 0.4) is 0 Å². The van der Waals surface area contributed by atoms with E-state index in [1.165, 1.54) is 47.4 Å². The minimum atomic E-state index is -4.22. The lowest BCUT2D eigenvalue weighted by atomic mass is 10.2. The Kier molecular flexibility index (Phi) is 4.87. The summed E-state index contributed by atoms with van der Waals surface area (Å²) in [6.07, 6.45) is 0. The fourth-order valence-corrected chi connectivity index (χ4v) is 5.04. The predicted molar refractivity (Wildman–Crippen MR) is 108 cm³/mol. The summed E-state index contributed by atoms with van der Waals surface area (Å²) in [5, 5.41) is 0. The van der Waals surface area contributed by atoms with Gasteiger partial charge in [0.1, 0.15) is 16.5 Å². The Bertz CT molecular complexity index is 1220. The van der Waals surface area contributed by atoms with E-state index in [1.54, 1.807) is 12.1 Å². The lowest BCUT2D eigenvalue weighted by molar-refractivity contribution is 0.253. The number of sulfonamides is 1. The van der Waals surface area contributed by atoms with E-state index in [9.17, 15) is 22.0 Å². The van der Waals surface area contributed by atoms with Crippen LogP contribution in [-0.4, -0.2) is 14.4 Å². The predicted octanol–water partition coefficient (Wildman–Crippen LogP) is 5.06. The summed E-state index contributed by atoms with van der Waals surface area (Å²) in [5.41, 5.74) is 0.361. The number of para-hydroxylation sites is 1. The van der Waals surface area contributed by atoms with Crippen LogP contribution in [0, 0.1) is 11.6 Å². The molecule has 0 saturated heterocycles. The Morgan fingerprint density at radius 3 is 2.31 bits per heavy atom. The number of carbonyl (C=O) groups is 1. The Hall–Kier alpha value is -2.78. The SMILES string of the molecule is O=C1N(Cc2ccc(Br)cc2F)c2ccccc2S(=O)(=O)N1c1ccc(F)cc1. The third kappa shape index (κ3) is 3.40. The average Bonchev–Trinajstić information content (AvgIpc) is 2.68. The molecule has 1 aliphatic heterocycles. The number of hydrogen-bond donors (Lipinski definition) is 0. The molecular weight excluding hydrogens is 466 g/mol. The standard InChI is InChI=1S/C20H13BrF2N2O3S/c21-14-6-5-13(17(23)11-14)12-24-18-3-1-2-4-19(18)29(27,28)25(20(24)26)16-9-7-15(22)8-10-16/h1-11H,12H2. The first-order chi connectivity index (χ1) is 13.8. The Morgan fingerprint density at radius 1 is 0.931 bits per heavy atom. The Labute approximate surface area is 174 Å². The smallest absolute Gasteiger partial charge is 0.287 e. The number of carbonyl (C=O) groups excluding carboxylic acids is 1. The molecule has 9 heteroatoms. The number of nitrogens with zero attached hydrogens (tertiary/aromatic N) is 2. The van der Waals surface area contributed by atoms with Crippen molar-refractivity contribution in [2.24, 2.45) is 0 Å². The number of anilines is 2. The van der Waals surface area contributed by atoms with Crippen molar-refractivity contribution in [2.45, 2.75) is 11.4 Å². The van der Waals surface area contributed by atoms with E-state index in [-0.39, 0.29) is 28.4 Å². The highest BCUT2D eigenvalue weighted by molar-refractivity contribution is 9.10. The molecule has 0 unspecified atom stereocenters. The van der Waals surface area contributed by atoms with Crippen LogP contribution in [0.15, 0.2) is 76.1 Å². The van der Waals surface area contributed by atoms with Crippen molar-refractivity contribution in [3.63, 3.8) is 0 Å². The lowest BCUT2D eigenvalue weighted by Crippen LogP contribution is -2.50. The summed E-state index contributed by atoms with van der Waals surface area (Å²) in [6, 6.07) is 14.1. The molecule has 5 nitrogen and oxygen atoms in total. The Balaban J connectivity index is 1.86. The van der Waals surface area contributed by atoms with E-state index in [4.69, 9.17) is 0 Å². The van der Waals surface area contributed by atoms with Crippen molar-refractivity contribution < 1.29 is 22.0 Å². The van der Waals surface area contributed by atoms with Crippen LogP contribution in [-0.2, 0) is 16.6 Å². The molecule has 148 valence electrons. The van der Waals surface area contributed by atoms with Gasteiger partial charge in [-0.2, -0.15) is 4.31 Å². The van der Waals surface area contributed by atoms with E-state index in [0.717, 1.165) is 12.1 Å². The Morgan fingerprint density at radius 2 is 1.62 bits per heavy atom. The first-order valence-corrected chi connectivity index (χ1v) is 10.7. The second-order valence-corrected chi connectivity index (χ2v) is 8.99. The van der Waals surface area contributed by atoms with Gasteiger partial charge in [-0.05, 0) is 48.5 Å². The topological polar surface area (TPSA) is 57.7 Å². The maximum atomic E-state index is 14.4. The van der Waals surface area contributed by atoms with Crippen molar-refractivity contribution in [1.82, 2.24) is 0 Å². The second-order valence-electron chi connectivity index (χ2n) is 6.32.